The maximum atomic E-state index is 11.5. The summed E-state index contributed by atoms with van der Waals surface area (Å²) in [6.45, 7) is 4.37. The third kappa shape index (κ3) is 6.07. The molecule has 0 fully saturated rings. The van der Waals surface area contributed by atoms with Gasteiger partial charge in [-0.25, -0.2) is 5.01 Å². The van der Waals surface area contributed by atoms with Crippen molar-refractivity contribution < 1.29 is 4.79 Å². The normalized spacial score (nSPS) is 11.0. The van der Waals surface area contributed by atoms with Crippen molar-refractivity contribution in [2.24, 2.45) is 0 Å². The van der Waals surface area contributed by atoms with E-state index in [1.807, 2.05) is 25.9 Å². The van der Waals surface area contributed by atoms with Gasteiger partial charge in [-0.3, -0.25) is 10.2 Å². The Bertz CT molecular complexity index is 374. The zero-order valence-electron chi connectivity index (χ0n) is 11.6. The van der Waals surface area contributed by atoms with Crippen LogP contribution in [0.2, 0.25) is 0 Å². The number of carbonyl (C=O) groups excluding carboxylic acids is 1. The van der Waals surface area contributed by atoms with Crippen molar-refractivity contribution in [3.8, 4) is 0 Å². The van der Waals surface area contributed by atoms with Crippen molar-refractivity contribution in [2.75, 3.05) is 14.1 Å². The molecule has 0 aliphatic heterocycles. The molecule has 0 aliphatic carbocycles. The van der Waals surface area contributed by atoms with Gasteiger partial charge in [0.2, 0.25) is 5.91 Å². The summed E-state index contributed by atoms with van der Waals surface area (Å²) in [5, 5.41) is 2.27. The number of benzene rings is 1. The summed E-state index contributed by atoms with van der Waals surface area (Å²) in [6, 6.07) is 8.47. The van der Waals surface area contributed by atoms with E-state index in [2.05, 4.69) is 43.5 Å². The number of amides is 1. The minimum atomic E-state index is 0.0561. The molecule has 0 saturated heterocycles. The lowest BCUT2D eigenvalue weighted by Crippen LogP contribution is -2.36. The largest absolute Gasteiger partial charge is 0.289 e. The first-order valence-electron chi connectivity index (χ1n) is 6.20. The van der Waals surface area contributed by atoms with Crippen molar-refractivity contribution in [1.29, 1.82) is 0 Å². The molecule has 0 spiro atoms. The van der Waals surface area contributed by atoms with Crippen molar-refractivity contribution in [2.45, 2.75) is 36.8 Å². The van der Waals surface area contributed by atoms with Crippen LogP contribution in [0.1, 0.15) is 25.8 Å². The molecular formula is C14H22N2OS. The van der Waals surface area contributed by atoms with Crippen LogP contribution in [-0.2, 0) is 11.2 Å². The molecule has 0 aliphatic rings. The quantitative estimate of drug-likeness (QED) is 0.635. The molecule has 0 unspecified atom stereocenters. The van der Waals surface area contributed by atoms with E-state index in [0.29, 0.717) is 11.7 Å². The van der Waals surface area contributed by atoms with Gasteiger partial charge in [0, 0.05) is 30.7 Å². The van der Waals surface area contributed by atoms with E-state index >= 15 is 0 Å². The monoisotopic (exact) mass is 266 g/mol. The third-order valence-corrected chi connectivity index (χ3v) is 3.30. The van der Waals surface area contributed by atoms with Crippen molar-refractivity contribution >= 4 is 17.7 Å². The first kappa shape index (κ1) is 15.1. The molecule has 1 rings (SSSR count). The Labute approximate surface area is 114 Å². The maximum Gasteiger partial charge on any atom is 0.234 e. The standard InChI is InChI=1S/C14H22N2OS/c1-11(2)18-13-8-5-12(6-9-13)7-10-14(17)15-16(3)4/h5-6,8-9,11H,7,10H2,1-4H3,(H,15,17). The Balaban J connectivity index is 2.41. The average molecular weight is 266 g/mol. The Hall–Kier alpha value is -1.00. The molecular weight excluding hydrogens is 244 g/mol. The third-order valence-electron chi connectivity index (χ3n) is 2.28. The topological polar surface area (TPSA) is 32.3 Å². The predicted octanol–water partition coefficient (Wildman–Crippen LogP) is 2.71. The van der Waals surface area contributed by atoms with Crippen LogP contribution in [0.4, 0.5) is 0 Å². The number of rotatable bonds is 6. The summed E-state index contributed by atoms with van der Waals surface area (Å²) in [7, 11) is 3.63. The van der Waals surface area contributed by atoms with Gasteiger partial charge in [0.05, 0.1) is 0 Å². The predicted molar refractivity (Wildman–Crippen MR) is 77.6 cm³/mol. The van der Waals surface area contributed by atoms with Gasteiger partial charge in [0.25, 0.3) is 0 Å². The van der Waals surface area contributed by atoms with Crippen LogP contribution in [0.5, 0.6) is 0 Å². The molecule has 0 saturated carbocycles. The van der Waals surface area contributed by atoms with Crippen molar-refractivity contribution in [3.63, 3.8) is 0 Å². The highest BCUT2D eigenvalue weighted by Crippen LogP contribution is 2.23. The minimum absolute atomic E-state index is 0.0561. The molecule has 0 heterocycles. The lowest BCUT2D eigenvalue weighted by Gasteiger charge is -2.11. The zero-order valence-corrected chi connectivity index (χ0v) is 12.4. The summed E-state index contributed by atoms with van der Waals surface area (Å²) in [4.78, 5) is 12.8. The number of hydrazine groups is 1. The molecule has 1 amide bonds. The molecule has 1 aromatic rings. The number of thioether (sulfide) groups is 1. The number of carbonyl (C=O) groups is 1. The number of hydrogen-bond donors (Lipinski definition) is 1. The van der Waals surface area contributed by atoms with Gasteiger partial charge >= 0.3 is 0 Å². The van der Waals surface area contributed by atoms with Crippen LogP contribution in [0, 0.1) is 0 Å². The van der Waals surface area contributed by atoms with Crippen LogP contribution in [-0.4, -0.2) is 30.3 Å². The fraction of sp³-hybridized carbons (Fsp3) is 0.500. The van der Waals surface area contributed by atoms with E-state index in [4.69, 9.17) is 0 Å². The maximum absolute atomic E-state index is 11.5. The molecule has 0 radical (unpaired) electrons. The zero-order chi connectivity index (χ0) is 13.5. The number of nitrogens with zero attached hydrogens (tertiary/aromatic N) is 1. The van der Waals surface area contributed by atoms with Crippen LogP contribution in [0.3, 0.4) is 0 Å². The Morgan fingerprint density at radius 1 is 1.28 bits per heavy atom. The minimum Gasteiger partial charge on any atom is -0.289 e. The lowest BCUT2D eigenvalue weighted by atomic mass is 10.1. The second-order valence-corrected chi connectivity index (χ2v) is 6.39. The van der Waals surface area contributed by atoms with Crippen LogP contribution in [0.15, 0.2) is 29.2 Å². The average Bonchev–Trinajstić information content (AvgIpc) is 2.26. The first-order chi connectivity index (χ1) is 8.47. The number of nitrogens with one attached hydrogen (secondary N) is 1. The highest BCUT2D eigenvalue weighted by Gasteiger charge is 2.03. The van der Waals surface area contributed by atoms with Gasteiger partial charge in [-0.2, -0.15) is 0 Å². The van der Waals surface area contributed by atoms with Crippen molar-refractivity contribution in [3.05, 3.63) is 29.8 Å². The summed E-state index contributed by atoms with van der Waals surface area (Å²) in [5.74, 6) is 0.0561. The van der Waals surface area contributed by atoms with Gasteiger partial charge in [0.1, 0.15) is 0 Å². The molecule has 18 heavy (non-hydrogen) atoms. The van der Waals surface area contributed by atoms with Crippen LogP contribution >= 0.6 is 11.8 Å². The number of hydrogen-bond acceptors (Lipinski definition) is 3. The molecule has 0 bridgehead atoms. The van der Waals surface area contributed by atoms with Gasteiger partial charge < -0.3 is 0 Å². The summed E-state index contributed by atoms with van der Waals surface area (Å²) in [6.07, 6.45) is 1.31. The van der Waals surface area contributed by atoms with Crippen molar-refractivity contribution in [1.82, 2.24) is 10.4 Å². The molecule has 100 valence electrons. The van der Waals surface area contributed by atoms with Gasteiger partial charge in [-0.05, 0) is 24.1 Å². The van der Waals surface area contributed by atoms with E-state index in [1.54, 1.807) is 5.01 Å². The van der Waals surface area contributed by atoms with E-state index < -0.39 is 0 Å². The van der Waals surface area contributed by atoms with Crippen LogP contribution < -0.4 is 5.43 Å². The summed E-state index contributed by atoms with van der Waals surface area (Å²) >= 11 is 1.85. The van der Waals surface area contributed by atoms with Gasteiger partial charge in [-0.1, -0.05) is 26.0 Å². The first-order valence-corrected chi connectivity index (χ1v) is 7.07. The molecule has 0 atom stereocenters. The SMILES string of the molecule is CC(C)Sc1ccc(CCC(=O)NN(C)C)cc1. The molecule has 4 heteroatoms. The fourth-order valence-corrected chi connectivity index (χ4v) is 2.41. The highest BCUT2D eigenvalue weighted by molar-refractivity contribution is 7.99. The second-order valence-electron chi connectivity index (χ2n) is 4.74. The van der Waals surface area contributed by atoms with E-state index in [9.17, 15) is 4.79 Å². The number of aryl methyl sites for hydroxylation is 1. The fourth-order valence-electron chi connectivity index (χ4n) is 1.57. The Kier molecular flexibility index (Phi) is 6.22. The Morgan fingerprint density at radius 2 is 1.89 bits per heavy atom. The molecule has 3 nitrogen and oxygen atoms in total. The van der Waals surface area contributed by atoms with Crippen LogP contribution in [0.25, 0.3) is 0 Å². The van der Waals surface area contributed by atoms with Gasteiger partial charge in [0.15, 0.2) is 0 Å². The molecule has 1 aromatic carbocycles. The molecule has 1 N–H and O–H groups in total. The van der Waals surface area contributed by atoms with E-state index in [-0.39, 0.29) is 5.91 Å². The summed E-state index contributed by atoms with van der Waals surface area (Å²) < 4.78 is 0. The second kappa shape index (κ2) is 7.44. The summed E-state index contributed by atoms with van der Waals surface area (Å²) in [5.41, 5.74) is 3.95. The molecule has 0 aromatic heterocycles. The van der Waals surface area contributed by atoms with E-state index in [1.165, 1.54) is 10.5 Å². The lowest BCUT2D eigenvalue weighted by molar-refractivity contribution is -0.124. The highest BCUT2D eigenvalue weighted by atomic mass is 32.2. The Morgan fingerprint density at radius 3 is 2.39 bits per heavy atom. The van der Waals surface area contributed by atoms with E-state index in [0.717, 1.165) is 6.42 Å². The smallest absolute Gasteiger partial charge is 0.234 e. The van der Waals surface area contributed by atoms with Gasteiger partial charge in [-0.15, -0.1) is 11.8 Å².